The van der Waals surface area contributed by atoms with Gasteiger partial charge in [0, 0.05) is 48.3 Å². The maximum Gasteiger partial charge on any atom is 0.269 e. The average molecular weight is 501 g/mol. The third-order valence-corrected chi connectivity index (χ3v) is 6.77. The number of hydrogen-bond donors (Lipinski definition) is 1. The molecule has 0 aliphatic carbocycles. The molecule has 7 nitrogen and oxygen atoms in total. The minimum absolute atomic E-state index is 0.184. The van der Waals surface area contributed by atoms with Crippen molar-refractivity contribution in [3.05, 3.63) is 62.6 Å². The number of piperazine rings is 1. The number of halogens is 2. The standard InChI is InChI=1S/C22H26Cl2N2O5S/c1-15-10-20(24)16(2)9-17(15)12-25-5-7-26(8-6-25)22(27)13-31-21-4-3-19(23)11-18(21)14-32(28,29)30/h3-4,9-11H,5-8,12-14H2,1-2H3,(H,28,29,30). The van der Waals surface area contributed by atoms with Crippen LogP contribution in [0, 0.1) is 13.8 Å². The molecule has 1 fully saturated rings. The van der Waals surface area contributed by atoms with Crippen molar-refractivity contribution in [2.45, 2.75) is 26.1 Å². The highest BCUT2D eigenvalue weighted by Gasteiger charge is 2.22. The first-order chi connectivity index (χ1) is 15.0. The largest absolute Gasteiger partial charge is 0.483 e. The van der Waals surface area contributed by atoms with Gasteiger partial charge in [-0.25, -0.2) is 0 Å². The predicted octanol–water partition coefficient (Wildman–Crippen LogP) is 3.72. The van der Waals surface area contributed by atoms with Gasteiger partial charge in [-0.3, -0.25) is 14.2 Å². The minimum atomic E-state index is -4.26. The molecule has 1 saturated heterocycles. The number of hydrogen-bond acceptors (Lipinski definition) is 5. The summed E-state index contributed by atoms with van der Waals surface area (Å²) < 4.78 is 37.2. The van der Waals surface area contributed by atoms with Crippen LogP contribution in [0.25, 0.3) is 0 Å². The van der Waals surface area contributed by atoms with E-state index in [1.807, 2.05) is 19.9 Å². The fourth-order valence-electron chi connectivity index (χ4n) is 3.64. The Hall–Kier alpha value is -1.84. The molecule has 32 heavy (non-hydrogen) atoms. The summed E-state index contributed by atoms with van der Waals surface area (Å²) in [5.74, 6) is -0.622. The molecule has 1 aliphatic rings. The van der Waals surface area contributed by atoms with Gasteiger partial charge in [0.05, 0.1) is 0 Å². The SMILES string of the molecule is Cc1cc(CN2CCN(C(=O)COc3ccc(Cl)cc3CS(=O)(=O)O)CC2)c(C)cc1Cl. The number of rotatable bonds is 7. The Morgan fingerprint density at radius 1 is 1.03 bits per heavy atom. The van der Waals surface area contributed by atoms with Crippen LogP contribution in [-0.2, 0) is 27.2 Å². The second-order valence-electron chi connectivity index (χ2n) is 7.95. The number of carbonyl (C=O) groups excluding carboxylic acids is 1. The number of carbonyl (C=O) groups is 1. The first kappa shape index (κ1) is 24.8. The average Bonchev–Trinajstić information content (AvgIpc) is 2.70. The van der Waals surface area contributed by atoms with Crippen molar-refractivity contribution in [3.63, 3.8) is 0 Å². The molecule has 2 aromatic carbocycles. The molecule has 0 spiro atoms. The van der Waals surface area contributed by atoms with Crippen molar-refractivity contribution >= 4 is 39.2 Å². The number of aryl methyl sites for hydroxylation is 2. The molecule has 2 aromatic rings. The summed E-state index contributed by atoms with van der Waals surface area (Å²) in [5, 5.41) is 1.08. The van der Waals surface area contributed by atoms with Crippen molar-refractivity contribution in [2.24, 2.45) is 0 Å². The zero-order valence-electron chi connectivity index (χ0n) is 18.0. The zero-order chi connectivity index (χ0) is 23.5. The van der Waals surface area contributed by atoms with E-state index in [1.54, 1.807) is 4.90 Å². The molecular formula is C22H26Cl2N2O5S. The Kier molecular flexibility index (Phi) is 8.06. The minimum Gasteiger partial charge on any atom is -0.483 e. The zero-order valence-corrected chi connectivity index (χ0v) is 20.3. The molecular weight excluding hydrogens is 475 g/mol. The van der Waals surface area contributed by atoms with Gasteiger partial charge in [-0.05, 0) is 54.8 Å². The van der Waals surface area contributed by atoms with Gasteiger partial charge in [0.25, 0.3) is 16.0 Å². The quantitative estimate of drug-likeness (QED) is 0.582. The third-order valence-electron chi connectivity index (χ3n) is 5.45. The van der Waals surface area contributed by atoms with Crippen LogP contribution in [0.5, 0.6) is 5.75 Å². The van der Waals surface area contributed by atoms with Crippen LogP contribution in [-0.4, -0.2) is 61.5 Å². The van der Waals surface area contributed by atoms with Gasteiger partial charge in [-0.15, -0.1) is 0 Å². The van der Waals surface area contributed by atoms with Gasteiger partial charge in [0.2, 0.25) is 0 Å². The van der Waals surface area contributed by atoms with Crippen LogP contribution in [0.15, 0.2) is 30.3 Å². The number of nitrogens with zero attached hydrogens (tertiary/aromatic N) is 2. The molecule has 0 saturated carbocycles. The first-order valence-electron chi connectivity index (χ1n) is 10.1. The van der Waals surface area contributed by atoms with Gasteiger partial charge in [-0.1, -0.05) is 29.3 Å². The van der Waals surface area contributed by atoms with Crippen LogP contribution in [0.4, 0.5) is 0 Å². The second-order valence-corrected chi connectivity index (χ2v) is 10.2. The van der Waals surface area contributed by atoms with Crippen LogP contribution >= 0.6 is 23.2 Å². The van der Waals surface area contributed by atoms with E-state index in [-0.39, 0.29) is 23.8 Å². The summed E-state index contributed by atoms with van der Waals surface area (Å²) in [4.78, 5) is 16.6. The van der Waals surface area contributed by atoms with E-state index in [2.05, 4.69) is 11.0 Å². The second kappa shape index (κ2) is 10.4. The highest BCUT2D eigenvalue weighted by atomic mass is 35.5. The molecule has 3 rings (SSSR count). The molecule has 0 unspecified atom stereocenters. The normalized spacial score (nSPS) is 15.1. The van der Waals surface area contributed by atoms with Gasteiger partial charge in [-0.2, -0.15) is 8.42 Å². The summed E-state index contributed by atoms with van der Waals surface area (Å²) in [6, 6.07) is 8.52. The van der Waals surface area contributed by atoms with E-state index < -0.39 is 15.9 Å². The lowest BCUT2D eigenvalue weighted by atomic mass is 10.0. The summed E-state index contributed by atoms with van der Waals surface area (Å²) in [5.41, 5.74) is 3.63. The molecule has 0 aromatic heterocycles. The molecule has 10 heteroatoms. The molecule has 174 valence electrons. The first-order valence-corrected chi connectivity index (χ1v) is 12.5. The maximum atomic E-state index is 12.6. The fourth-order valence-corrected chi connectivity index (χ4v) is 4.67. The van der Waals surface area contributed by atoms with Crippen molar-refractivity contribution in [3.8, 4) is 5.75 Å². The Morgan fingerprint density at radius 3 is 2.38 bits per heavy atom. The maximum absolute atomic E-state index is 12.6. The van der Waals surface area contributed by atoms with E-state index >= 15 is 0 Å². The molecule has 0 radical (unpaired) electrons. The lowest BCUT2D eigenvalue weighted by molar-refractivity contribution is -0.135. The summed E-state index contributed by atoms with van der Waals surface area (Å²) >= 11 is 12.1. The van der Waals surface area contributed by atoms with Crippen LogP contribution < -0.4 is 4.74 Å². The monoisotopic (exact) mass is 500 g/mol. The smallest absolute Gasteiger partial charge is 0.269 e. The highest BCUT2D eigenvalue weighted by Crippen LogP contribution is 2.25. The topological polar surface area (TPSA) is 87.2 Å². The fraction of sp³-hybridized carbons (Fsp3) is 0.409. The molecule has 1 amide bonds. The number of amides is 1. The van der Waals surface area contributed by atoms with Gasteiger partial charge >= 0.3 is 0 Å². The van der Waals surface area contributed by atoms with Crippen LogP contribution in [0.2, 0.25) is 10.0 Å². The van der Waals surface area contributed by atoms with E-state index in [4.69, 9.17) is 32.5 Å². The van der Waals surface area contributed by atoms with Crippen molar-refractivity contribution < 1.29 is 22.5 Å². The van der Waals surface area contributed by atoms with Crippen molar-refractivity contribution in [1.29, 1.82) is 0 Å². The lowest BCUT2D eigenvalue weighted by Gasteiger charge is -2.35. The molecule has 1 N–H and O–H groups in total. The third kappa shape index (κ3) is 6.83. The molecule has 1 heterocycles. The van der Waals surface area contributed by atoms with Crippen molar-refractivity contribution in [2.75, 3.05) is 32.8 Å². The van der Waals surface area contributed by atoms with Gasteiger partial charge < -0.3 is 9.64 Å². The number of ether oxygens (including phenoxy) is 1. The molecule has 0 atom stereocenters. The predicted molar refractivity (Wildman–Crippen MR) is 125 cm³/mol. The van der Waals surface area contributed by atoms with Crippen LogP contribution in [0.1, 0.15) is 22.3 Å². The van der Waals surface area contributed by atoms with Crippen LogP contribution in [0.3, 0.4) is 0 Å². The Morgan fingerprint density at radius 2 is 1.72 bits per heavy atom. The summed E-state index contributed by atoms with van der Waals surface area (Å²) in [7, 11) is -4.26. The summed E-state index contributed by atoms with van der Waals surface area (Å²) in [6.45, 7) is 7.23. The molecule has 1 aliphatic heterocycles. The van der Waals surface area contributed by atoms with Gasteiger partial charge in [0.15, 0.2) is 6.61 Å². The van der Waals surface area contributed by atoms with Gasteiger partial charge in [0.1, 0.15) is 11.5 Å². The lowest BCUT2D eigenvalue weighted by Crippen LogP contribution is -2.49. The summed E-state index contributed by atoms with van der Waals surface area (Å²) in [6.07, 6.45) is 0. The highest BCUT2D eigenvalue weighted by molar-refractivity contribution is 7.85. The van der Waals surface area contributed by atoms with E-state index in [1.165, 1.54) is 23.8 Å². The van der Waals surface area contributed by atoms with E-state index in [0.717, 1.165) is 35.8 Å². The Labute approximate surface area is 198 Å². The Bertz CT molecular complexity index is 1100. The Balaban J connectivity index is 1.54. The molecule has 0 bridgehead atoms. The van der Waals surface area contributed by atoms with E-state index in [0.29, 0.717) is 18.1 Å². The van der Waals surface area contributed by atoms with E-state index in [9.17, 15) is 13.2 Å². The number of benzene rings is 2. The van der Waals surface area contributed by atoms with Crippen molar-refractivity contribution in [1.82, 2.24) is 9.80 Å².